The van der Waals surface area contributed by atoms with Crippen LogP contribution < -0.4 is 21.7 Å². The Morgan fingerprint density at radius 2 is 1.56 bits per heavy atom. The highest BCUT2D eigenvalue weighted by molar-refractivity contribution is 5.86. The Balaban J connectivity index is 3.10. The Labute approximate surface area is 96.3 Å². The van der Waals surface area contributed by atoms with Gasteiger partial charge in [0.15, 0.2) is 0 Å². The van der Waals surface area contributed by atoms with Crippen LogP contribution in [0.5, 0.6) is 0 Å². The van der Waals surface area contributed by atoms with Gasteiger partial charge in [0, 0.05) is 51.4 Å². The first-order valence-electron chi connectivity index (χ1n) is 5.41. The molecule has 0 aromatic carbocycles. The van der Waals surface area contributed by atoms with Crippen LogP contribution in [0.2, 0.25) is 0 Å². The Bertz CT molecular complexity index is 209. The van der Waals surface area contributed by atoms with E-state index in [2.05, 4.69) is 22.5 Å². The number of rotatable bonds is 11. The summed E-state index contributed by atoms with van der Waals surface area (Å²) in [4.78, 5) is 10.4. The summed E-state index contributed by atoms with van der Waals surface area (Å²) in [5, 5.41) is 17.9. The van der Waals surface area contributed by atoms with Crippen LogP contribution in [0.3, 0.4) is 0 Å². The molecule has 0 unspecified atom stereocenters. The average Bonchev–Trinajstić information content (AvgIpc) is 2.26. The van der Waals surface area contributed by atoms with Gasteiger partial charge in [0.25, 0.3) is 0 Å². The van der Waals surface area contributed by atoms with Crippen LogP contribution >= 0.6 is 0 Å². The number of nitrogens with one attached hydrogen (secondary N) is 3. The predicted molar refractivity (Wildman–Crippen MR) is 64.4 cm³/mol. The molecule has 0 saturated carbocycles. The van der Waals surface area contributed by atoms with Crippen molar-refractivity contribution in [1.29, 1.82) is 0 Å². The fourth-order valence-corrected chi connectivity index (χ4v) is 1.02. The normalized spacial score (nSPS) is 10.3. The quantitative estimate of drug-likeness (QED) is 0.215. The monoisotopic (exact) mass is 230 g/mol. The van der Waals surface area contributed by atoms with Crippen molar-refractivity contribution in [3.63, 3.8) is 0 Å². The van der Waals surface area contributed by atoms with Gasteiger partial charge in [-0.15, -0.1) is 0 Å². The highest BCUT2D eigenvalue weighted by Crippen LogP contribution is 1.84. The molecule has 6 N–H and O–H groups in total. The van der Waals surface area contributed by atoms with E-state index in [0.717, 1.165) is 32.7 Å². The molecule has 0 spiro atoms. The maximum absolute atomic E-state index is 10.4. The van der Waals surface area contributed by atoms with Gasteiger partial charge in [-0.2, -0.15) is 0 Å². The molecule has 0 heterocycles. The fourth-order valence-electron chi connectivity index (χ4n) is 1.02. The third-order valence-electron chi connectivity index (χ3n) is 1.92. The Hall–Kier alpha value is -0.950. The van der Waals surface area contributed by atoms with Gasteiger partial charge in [-0.1, -0.05) is 6.58 Å². The van der Waals surface area contributed by atoms with E-state index in [-0.39, 0.29) is 5.57 Å². The van der Waals surface area contributed by atoms with E-state index in [9.17, 15) is 4.79 Å². The van der Waals surface area contributed by atoms with E-state index in [0.29, 0.717) is 13.1 Å². The molecule has 0 aromatic heterocycles. The molecule has 0 aliphatic carbocycles. The summed E-state index contributed by atoms with van der Waals surface area (Å²) in [5.74, 6) is -0.952. The first-order chi connectivity index (χ1) is 7.68. The number of carboxylic acids is 1. The molecule has 0 amide bonds. The number of carbonyl (C=O) groups is 1. The van der Waals surface area contributed by atoms with Gasteiger partial charge in [-0.3, -0.25) is 0 Å². The van der Waals surface area contributed by atoms with Crippen LogP contribution in [0.4, 0.5) is 0 Å². The molecular formula is C10H22N4O2. The van der Waals surface area contributed by atoms with Gasteiger partial charge < -0.3 is 26.8 Å². The second-order valence-electron chi connectivity index (χ2n) is 3.37. The first-order valence-corrected chi connectivity index (χ1v) is 5.41. The maximum Gasteiger partial charge on any atom is 0.332 e. The van der Waals surface area contributed by atoms with Crippen molar-refractivity contribution >= 4 is 5.97 Å². The summed E-state index contributed by atoms with van der Waals surface area (Å²) < 4.78 is 0. The number of hydrogen-bond donors (Lipinski definition) is 5. The largest absolute Gasteiger partial charge is 0.478 e. The van der Waals surface area contributed by atoms with Crippen molar-refractivity contribution in [3.05, 3.63) is 12.2 Å². The average molecular weight is 230 g/mol. The van der Waals surface area contributed by atoms with Crippen LogP contribution in [0.1, 0.15) is 0 Å². The predicted octanol–water partition coefficient (Wildman–Crippen LogP) is -1.65. The Kier molecular flexibility index (Phi) is 9.94. The van der Waals surface area contributed by atoms with Gasteiger partial charge >= 0.3 is 5.97 Å². The molecule has 6 heteroatoms. The summed E-state index contributed by atoms with van der Waals surface area (Å²) >= 11 is 0. The summed E-state index contributed by atoms with van der Waals surface area (Å²) in [6.07, 6.45) is 0. The van der Waals surface area contributed by atoms with E-state index < -0.39 is 5.97 Å². The molecule has 0 radical (unpaired) electrons. The minimum atomic E-state index is -0.952. The third-order valence-corrected chi connectivity index (χ3v) is 1.92. The zero-order valence-electron chi connectivity index (χ0n) is 9.59. The van der Waals surface area contributed by atoms with Crippen LogP contribution in [0, 0.1) is 0 Å². The molecule has 94 valence electrons. The van der Waals surface area contributed by atoms with Gasteiger partial charge in [0.2, 0.25) is 0 Å². The zero-order chi connectivity index (χ0) is 12.2. The first kappa shape index (κ1) is 15.0. The second kappa shape index (κ2) is 10.6. The summed E-state index contributed by atoms with van der Waals surface area (Å²) in [6.45, 7) is 8.52. The lowest BCUT2D eigenvalue weighted by atomic mass is 10.3. The topological polar surface area (TPSA) is 99.4 Å². The molecule has 16 heavy (non-hydrogen) atoms. The molecule has 6 nitrogen and oxygen atoms in total. The minimum Gasteiger partial charge on any atom is -0.478 e. The third kappa shape index (κ3) is 9.60. The van der Waals surface area contributed by atoms with Crippen LogP contribution in [-0.2, 0) is 4.79 Å². The van der Waals surface area contributed by atoms with E-state index in [1.165, 1.54) is 0 Å². The number of nitrogens with two attached hydrogens (primary N) is 1. The molecule has 0 aromatic rings. The van der Waals surface area contributed by atoms with Crippen molar-refractivity contribution < 1.29 is 9.90 Å². The Morgan fingerprint density at radius 1 is 1.06 bits per heavy atom. The van der Waals surface area contributed by atoms with Crippen molar-refractivity contribution in [2.24, 2.45) is 5.73 Å². The molecule has 0 atom stereocenters. The lowest BCUT2D eigenvalue weighted by Crippen LogP contribution is -2.34. The van der Waals surface area contributed by atoms with Gasteiger partial charge in [-0.25, -0.2) is 4.79 Å². The maximum atomic E-state index is 10.4. The second-order valence-corrected chi connectivity index (χ2v) is 3.37. The van der Waals surface area contributed by atoms with Crippen molar-refractivity contribution in [2.45, 2.75) is 0 Å². The lowest BCUT2D eigenvalue weighted by molar-refractivity contribution is -0.132. The fraction of sp³-hybridized carbons (Fsp3) is 0.700. The van der Waals surface area contributed by atoms with Crippen molar-refractivity contribution in [3.8, 4) is 0 Å². The molecule has 0 fully saturated rings. The van der Waals surface area contributed by atoms with E-state index in [1.54, 1.807) is 0 Å². The highest BCUT2D eigenvalue weighted by Gasteiger charge is 2.01. The summed E-state index contributed by atoms with van der Waals surface area (Å²) in [5.41, 5.74) is 5.50. The highest BCUT2D eigenvalue weighted by atomic mass is 16.4. The van der Waals surface area contributed by atoms with E-state index in [4.69, 9.17) is 10.8 Å². The van der Waals surface area contributed by atoms with Gasteiger partial charge in [-0.05, 0) is 0 Å². The standard InChI is InChI=1S/C10H22N4O2/c1-9(10(15)16)8-14-7-6-13-5-4-12-3-2-11/h12-14H,1-8,11H2,(H,15,16). The molecule has 0 saturated heterocycles. The molecule has 0 aliphatic rings. The lowest BCUT2D eigenvalue weighted by Gasteiger charge is -2.07. The zero-order valence-corrected chi connectivity index (χ0v) is 9.59. The Morgan fingerprint density at radius 3 is 2.06 bits per heavy atom. The van der Waals surface area contributed by atoms with Crippen LogP contribution in [-0.4, -0.2) is 56.9 Å². The van der Waals surface area contributed by atoms with E-state index in [1.807, 2.05) is 0 Å². The smallest absolute Gasteiger partial charge is 0.332 e. The van der Waals surface area contributed by atoms with Crippen LogP contribution in [0.25, 0.3) is 0 Å². The van der Waals surface area contributed by atoms with Gasteiger partial charge in [0.05, 0.1) is 0 Å². The minimum absolute atomic E-state index is 0.185. The SMILES string of the molecule is C=C(CNCCNCCNCCN)C(=O)O. The molecular weight excluding hydrogens is 208 g/mol. The van der Waals surface area contributed by atoms with Crippen molar-refractivity contribution in [2.75, 3.05) is 45.8 Å². The number of hydrogen-bond acceptors (Lipinski definition) is 5. The molecule has 0 aliphatic heterocycles. The number of carboxylic acid groups (broad SMARTS) is 1. The van der Waals surface area contributed by atoms with E-state index >= 15 is 0 Å². The summed E-state index contributed by atoms with van der Waals surface area (Å²) in [6, 6.07) is 0. The molecule has 0 bridgehead atoms. The van der Waals surface area contributed by atoms with Gasteiger partial charge in [0.1, 0.15) is 0 Å². The number of aliphatic carboxylic acids is 1. The van der Waals surface area contributed by atoms with Crippen molar-refractivity contribution in [1.82, 2.24) is 16.0 Å². The molecule has 0 rings (SSSR count). The summed E-state index contributed by atoms with van der Waals surface area (Å²) in [7, 11) is 0. The van der Waals surface area contributed by atoms with Crippen LogP contribution in [0.15, 0.2) is 12.2 Å².